The van der Waals surface area contributed by atoms with Crippen molar-refractivity contribution >= 4 is 18.3 Å². The van der Waals surface area contributed by atoms with E-state index in [2.05, 4.69) is 36.5 Å². The molecule has 1 saturated carbocycles. The van der Waals surface area contributed by atoms with Crippen molar-refractivity contribution in [2.24, 2.45) is 11.7 Å². The Morgan fingerprint density at radius 1 is 1.37 bits per heavy atom. The van der Waals surface area contributed by atoms with Gasteiger partial charge >= 0.3 is 0 Å². The molecule has 0 saturated heterocycles. The number of nitrogens with one attached hydrogen (secondary N) is 1. The van der Waals surface area contributed by atoms with E-state index in [1.54, 1.807) is 0 Å². The number of carbonyl (C=O) groups excluding carboxylic acids is 1. The van der Waals surface area contributed by atoms with Crippen molar-refractivity contribution in [3.8, 4) is 0 Å². The third-order valence-corrected chi connectivity index (χ3v) is 3.52. The second kappa shape index (κ2) is 7.51. The fourth-order valence-corrected chi connectivity index (χ4v) is 2.02. The van der Waals surface area contributed by atoms with Crippen LogP contribution in [-0.2, 0) is 11.2 Å². The first-order chi connectivity index (χ1) is 8.65. The zero-order chi connectivity index (χ0) is 13.0. The molecule has 19 heavy (non-hydrogen) atoms. The van der Waals surface area contributed by atoms with Crippen LogP contribution in [0.15, 0.2) is 24.3 Å². The van der Waals surface area contributed by atoms with Crippen molar-refractivity contribution in [1.29, 1.82) is 0 Å². The van der Waals surface area contributed by atoms with E-state index < -0.39 is 0 Å². The number of rotatable bonds is 6. The van der Waals surface area contributed by atoms with Crippen LogP contribution in [0.25, 0.3) is 0 Å². The normalized spacial score (nSPS) is 15.5. The maximum Gasteiger partial charge on any atom is 0.220 e. The number of carbonyl (C=O) groups is 1. The minimum absolute atomic E-state index is 0. The minimum atomic E-state index is 0. The molecule has 106 valence electrons. The molecule has 0 spiro atoms. The quantitative estimate of drug-likeness (QED) is 0.840. The SMILES string of the molecule is Cc1ccc(CCC(=O)NCC(N)C2CC2)cc1.Cl. The van der Waals surface area contributed by atoms with Crippen molar-refractivity contribution in [1.82, 2.24) is 5.32 Å². The van der Waals surface area contributed by atoms with Gasteiger partial charge in [-0.25, -0.2) is 0 Å². The van der Waals surface area contributed by atoms with E-state index >= 15 is 0 Å². The molecule has 3 N–H and O–H groups in total. The summed E-state index contributed by atoms with van der Waals surface area (Å²) in [6.45, 7) is 2.69. The molecule has 0 radical (unpaired) electrons. The molecule has 2 rings (SSSR count). The van der Waals surface area contributed by atoms with Crippen LogP contribution in [0.2, 0.25) is 0 Å². The zero-order valence-corrected chi connectivity index (χ0v) is 12.2. The summed E-state index contributed by atoms with van der Waals surface area (Å²) < 4.78 is 0. The first-order valence-electron chi connectivity index (χ1n) is 6.73. The van der Waals surface area contributed by atoms with E-state index in [4.69, 9.17) is 5.73 Å². The fraction of sp³-hybridized carbons (Fsp3) is 0.533. The average Bonchev–Trinajstić information content (AvgIpc) is 3.19. The fourth-order valence-electron chi connectivity index (χ4n) is 2.02. The van der Waals surface area contributed by atoms with Gasteiger partial charge in [-0.2, -0.15) is 0 Å². The molecule has 1 unspecified atom stereocenters. The van der Waals surface area contributed by atoms with Gasteiger partial charge in [0.2, 0.25) is 5.91 Å². The summed E-state index contributed by atoms with van der Waals surface area (Å²) in [6.07, 6.45) is 3.78. The van der Waals surface area contributed by atoms with Gasteiger partial charge in [0, 0.05) is 19.0 Å². The van der Waals surface area contributed by atoms with Crippen LogP contribution in [0.1, 0.15) is 30.4 Å². The lowest BCUT2D eigenvalue weighted by atomic mass is 10.1. The Labute approximate surface area is 121 Å². The molecule has 0 heterocycles. The van der Waals surface area contributed by atoms with Crippen LogP contribution in [0.3, 0.4) is 0 Å². The van der Waals surface area contributed by atoms with Crippen LogP contribution in [0.5, 0.6) is 0 Å². The summed E-state index contributed by atoms with van der Waals surface area (Å²) in [5.74, 6) is 0.745. The highest BCUT2D eigenvalue weighted by atomic mass is 35.5. The van der Waals surface area contributed by atoms with Crippen molar-refractivity contribution in [2.45, 2.75) is 38.6 Å². The monoisotopic (exact) mass is 282 g/mol. The summed E-state index contributed by atoms with van der Waals surface area (Å²) in [6, 6.07) is 8.47. The third-order valence-electron chi connectivity index (χ3n) is 3.52. The maximum absolute atomic E-state index is 11.7. The molecular formula is C15H23ClN2O. The van der Waals surface area contributed by atoms with E-state index in [9.17, 15) is 4.79 Å². The Balaban J connectivity index is 0.00000180. The summed E-state index contributed by atoms with van der Waals surface area (Å²) in [5, 5.41) is 2.92. The lowest BCUT2D eigenvalue weighted by Gasteiger charge is -2.11. The Bertz CT molecular complexity index is 401. The number of hydrogen-bond donors (Lipinski definition) is 2. The Hall–Kier alpha value is -1.06. The summed E-state index contributed by atoms with van der Waals surface area (Å²) >= 11 is 0. The van der Waals surface area contributed by atoms with Crippen LogP contribution in [0, 0.1) is 12.8 Å². The van der Waals surface area contributed by atoms with Crippen LogP contribution >= 0.6 is 12.4 Å². The molecule has 1 aromatic rings. The molecule has 1 aliphatic carbocycles. The van der Waals surface area contributed by atoms with Crippen molar-refractivity contribution in [3.63, 3.8) is 0 Å². The lowest BCUT2D eigenvalue weighted by Crippen LogP contribution is -2.38. The second-order valence-electron chi connectivity index (χ2n) is 5.29. The predicted molar refractivity (Wildman–Crippen MR) is 80.5 cm³/mol. The number of nitrogens with two attached hydrogens (primary N) is 1. The van der Waals surface area contributed by atoms with Crippen LogP contribution in [0.4, 0.5) is 0 Å². The van der Waals surface area contributed by atoms with Gasteiger partial charge in [-0.15, -0.1) is 12.4 Å². The molecular weight excluding hydrogens is 260 g/mol. The van der Waals surface area contributed by atoms with E-state index in [0.29, 0.717) is 18.9 Å². The summed E-state index contributed by atoms with van der Waals surface area (Å²) in [7, 11) is 0. The molecule has 3 nitrogen and oxygen atoms in total. The van der Waals surface area contributed by atoms with Gasteiger partial charge in [0.25, 0.3) is 0 Å². The molecule has 1 amide bonds. The van der Waals surface area contributed by atoms with Crippen LogP contribution < -0.4 is 11.1 Å². The maximum atomic E-state index is 11.7. The average molecular weight is 283 g/mol. The van der Waals surface area contributed by atoms with Gasteiger partial charge in [-0.3, -0.25) is 4.79 Å². The van der Waals surface area contributed by atoms with E-state index in [0.717, 1.165) is 6.42 Å². The standard InChI is InChI=1S/C15H22N2O.ClH/c1-11-2-4-12(5-3-11)6-9-15(18)17-10-14(16)13-7-8-13;/h2-5,13-14H,6-10,16H2,1H3,(H,17,18);1H. The molecule has 0 aromatic heterocycles. The van der Waals surface area contributed by atoms with Crippen molar-refractivity contribution < 1.29 is 4.79 Å². The molecule has 4 heteroatoms. The Morgan fingerprint density at radius 2 is 2.00 bits per heavy atom. The van der Waals surface area contributed by atoms with Crippen molar-refractivity contribution in [3.05, 3.63) is 35.4 Å². The topological polar surface area (TPSA) is 55.1 Å². The number of hydrogen-bond acceptors (Lipinski definition) is 2. The lowest BCUT2D eigenvalue weighted by molar-refractivity contribution is -0.121. The highest BCUT2D eigenvalue weighted by Gasteiger charge is 2.28. The van der Waals surface area contributed by atoms with Gasteiger partial charge in [0.1, 0.15) is 0 Å². The molecule has 0 bridgehead atoms. The number of halogens is 1. The first kappa shape index (κ1) is 16.0. The third kappa shape index (κ3) is 5.62. The molecule has 1 aliphatic rings. The van der Waals surface area contributed by atoms with Gasteiger partial charge in [-0.1, -0.05) is 29.8 Å². The van der Waals surface area contributed by atoms with Gasteiger partial charge < -0.3 is 11.1 Å². The van der Waals surface area contributed by atoms with E-state index in [-0.39, 0.29) is 24.4 Å². The van der Waals surface area contributed by atoms with Crippen molar-refractivity contribution in [2.75, 3.05) is 6.54 Å². The van der Waals surface area contributed by atoms with Gasteiger partial charge in [-0.05, 0) is 37.7 Å². The molecule has 1 atom stereocenters. The van der Waals surface area contributed by atoms with Gasteiger partial charge in [0.15, 0.2) is 0 Å². The Morgan fingerprint density at radius 3 is 2.58 bits per heavy atom. The summed E-state index contributed by atoms with van der Waals surface area (Å²) in [5.41, 5.74) is 8.40. The molecule has 1 aromatic carbocycles. The minimum Gasteiger partial charge on any atom is -0.355 e. The largest absolute Gasteiger partial charge is 0.355 e. The van der Waals surface area contributed by atoms with E-state index in [1.165, 1.54) is 24.0 Å². The number of aryl methyl sites for hydroxylation is 2. The highest BCUT2D eigenvalue weighted by molar-refractivity contribution is 5.85. The van der Waals surface area contributed by atoms with Gasteiger partial charge in [0.05, 0.1) is 0 Å². The number of amides is 1. The number of benzene rings is 1. The zero-order valence-electron chi connectivity index (χ0n) is 11.4. The predicted octanol–water partition coefficient (Wildman–Crippen LogP) is 2.20. The van der Waals surface area contributed by atoms with Crippen LogP contribution in [-0.4, -0.2) is 18.5 Å². The summed E-state index contributed by atoms with van der Waals surface area (Å²) in [4.78, 5) is 11.7. The first-order valence-corrected chi connectivity index (χ1v) is 6.73. The molecule has 0 aliphatic heterocycles. The molecule has 1 fully saturated rings. The van der Waals surface area contributed by atoms with E-state index in [1.807, 2.05) is 0 Å². The smallest absolute Gasteiger partial charge is 0.220 e. The second-order valence-corrected chi connectivity index (χ2v) is 5.29. The highest BCUT2D eigenvalue weighted by Crippen LogP contribution is 2.31. The Kier molecular flexibility index (Phi) is 6.32.